The van der Waals surface area contributed by atoms with Crippen molar-refractivity contribution in [2.75, 3.05) is 12.4 Å². The van der Waals surface area contributed by atoms with Gasteiger partial charge in [0.05, 0.1) is 18.4 Å². The molecule has 1 aliphatic carbocycles. The van der Waals surface area contributed by atoms with Gasteiger partial charge in [-0.2, -0.15) is 0 Å². The van der Waals surface area contributed by atoms with Crippen LogP contribution in [0.15, 0.2) is 18.2 Å². The first kappa shape index (κ1) is 14.8. The van der Waals surface area contributed by atoms with Crippen LogP contribution in [0.3, 0.4) is 0 Å². The van der Waals surface area contributed by atoms with Crippen molar-refractivity contribution in [2.24, 2.45) is 5.92 Å². The molecule has 0 amide bonds. The van der Waals surface area contributed by atoms with Gasteiger partial charge >= 0.3 is 0 Å². The second-order valence-corrected chi connectivity index (χ2v) is 7.72. The number of rotatable bonds is 4. The van der Waals surface area contributed by atoms with Gasteiger partial charge in [-0.05, 0) is 49.8 Å². The van der Waals surface area contributed by atoms with Gasteiger partial charge in [0.15, 0.2) is 0 Å². The summed E-state index contributed by atoms with van der Waals surface area (Å²) < 4.78 is 46.3. The van der Waals surface area contributed by atoms with Gasteiger partial charge in [0, 0.05) is 5.56 Å². The van der Waals surface area contributed by atoms with E-state index in [0.29, 0.717) is 24.3 Å². The van der Waals surface area contributed by atoms with Crippen LogP contribution < -0.4 is 9.46 Å². The van der Waals surface area contributed by atoms with Crippen LogP contribution >= 0.6 is 0 Å². The van der Waals surface area contributed by atoms with Gasteiger partial charge in [-0.1, -0.05) is 6.42 Å². The third-order valence-corrected chi connectivity index (χ3v) is 5.80. The van der Waals surface area contributed by atoms with Crippen molar-refractivity contribution in [3.63, 3.8) is 0 Å². The zero-order valence-corrected chi connectivity index (χ0v) is 12.7. The lowest BCUT2D eigenvalue weighted by molar-refractivity contribution is 0.315. The van der Waals surface area contributed by atoms with Crippen molar-refractivity contribution in [2.45, 2.75) is 38.1 Å². The minimum atomic E-state index is -3.34. The van der Waals surface area contributed by atoms with Gasteiger partial charge in [-0.25, -0.2) is 17.5 Å². The Morgan fingerprint density at radius 1 is 1.24 bits per heavy atom. The molecule has 1 aromatic rings. The van der Waals surface area contributed by atoms with Crippen molar-refractivity contribution >= 4 is 10.0 Å². The summed E-state index contributed by atoms with van der Waals surface area (Å²) >= 11 is 0. The molecule has 3 rings (SSSR count). The molecule has 1 aromatic carbocycles. The Morgan fingerprint density at radius 3 is 2.76 bits per heavy atom. The highest BCUT2D eigenvalue weighted by Crippen LogP contribution is 2.33. The topological polar surface area (TPSA) is 55.4 Å². The SMILES string of the molecule is O=S(=O)(CC1CCC1)NC1CCCOc2ccc(F)cc21. The van der Waals surface area contributed by atoms with Crippen LogP contribution in [0.2, 0.25) is 0 Å². The maximum absolute atomic E-state index is 13.5. The molecule has 1 aliphatic heterocycles. The Kier molecular flexibility index (Phi) is 4.17. The minimum absolute atomic E-state index is 0.176. The summed E-state index contributed by atoms with van der Waals surface area (Å²) in [5, 5.41) is 0. The molecule has 1 saturated carbocycles. The summed E-state index contributed by atoms with van der Waals surface area (Å²) in [5.74, 6) is 0.652. The molecule has 0 radical (unpaired) electrons. The lowest BCUT2D eigenvalue weighted by atomic mass is 9.87. The Hall–Kier alpha value is -1.14. The second kappa shape index (κ2) is 5.93. The van der Waals surface area contributed by atoms with E-state index in [0.717, 1.165) is 25.7 Å². The lowest BCUT2D eigenvalue weighted by Gasteiger charge is -2.26. The molecule has 1 fully saturated rings. The minimum Gasteiger partial charge on any atom is -0.493 e. The first-order chi connectivity index (χ1) is 10.0. The summed E-state index contributed by atoms with van der Waals surface area (Å²) in [4.78, 5) is 0. The molecule has 1 atom stereocenters. The smallest absolute Gasteiger partial charge is 0.212 e. The lowest BCUT2D eigenvalue weighted by Crippen LogP contribution is -2.34. The van der Waals surface area contributed by atoms with Crippen LogP contribution in [-0.2, 0) is 10.0 Å². The van der Waals surface area contributed by atoms with E-state index in [4.69, 9.17) is 4.74 Å². The number of hydrogen-bond donors (Lipinski definition) is 1. The number of fused-ring (bicyclic) bond motifs is 1. The van der Waals surface area contributed by atoms with Crippen LogP contribution in [0.4, 0.5) is 4.39 Å². The van der Waals surface area contributed by atoms with Crippen molar-refractivity contribution in [1.82, 2.24) is 4.72 Å². The van der Waals surface area contributed by atoms with Gasteiger partial charge in [-0.3, -0.25) is 0 Å². The van der Waals surface area contributed by atoms with E-state index in [9.17, 15) is 12.8 Å². The Balaban J connectivity index is 1.79. The van der Waals surface area contributed by atoms with Gasteiger partial charge in [0.25, 0.3) is 0 Å². The summed E-state index contributed by atoms with van der Waals surface area (Å²) in [7, 11) is -3.34. The predicted molar refractivity (Wildman–Crippen MR) is 78.1 cm³/mol. The standard InChI is InChI=1S/C15H20FNO3S/c16-12-6-7-15-13(9-12)14(5-2-8-20-15)17-21(18,19)10-11-3-1-4-11/h6-7,9,11,14,17H,1-5,8,10H2. The molecule has 6 heteroatoms. The number of sulfonamides is 1. The van der Waals surface area contributed by atoms with Gasteiger partial charge < -0.3 is 4.74 Å². The first-order valence-electron chi connectivity index (χ1n) is 7.46. The van der Waals surface area contributed by atoms with Crippen LogP contribution in [0, 0.1) is 11.7 Å². The summed E-state index contributed by atoms with van der Waals surface area (Å²) in [6.45, 7) is 0.527. The van der Waals surface area contributed by atoms with Gasteiger partial charge in [0.1, 0.15) is 11.6 Å². The highest BCUT2D eigenvalue weighted by Gasteiger charge is 2.29. The molecule has 0 aromatic heterocycles. The fraction of sp³-hybridized carbons (Fsp3) is 0.600. The number of halogens is 1. The summed E-state index contributed by atoms with van der Waals surface area (Å²) in [5.41, 5.74) is 0.602. The van der Waals surface area contributed by atoms with E-state index in [1.54, 1.807) is 6.07 Å². The predicted octanol–water partition coefficient (Wildman–Crippen LogP) is 2.76. The molecule has 2 aliphatic rings. The monoisotopic (exact) mass is 313 g/mol. The third kappa shape index (κ3) is 3.55. The second-order valence-electron chi connectivity index (χ2n) is 5.92. The van der Waals surface area contributed by atoms with E-state index >= 15 is 0 Å². The van der Waals surface area contributed by atoms with E-state index in [2.05, 4.69) is 4.72 Å². The van der Waals surface area contributed by atoms with Crippen LogP contribution in [0.1, 0.15) is 43.7 Å². The Labute approximate surface area is 124 Å². The molecule has 21 heavy (non-hydrogen) atoms. The fourth-order valence-electron chi connectivity index (χ4n) is 2.91. The van der Waals surface area contributed by atoms with Crippen LogP contribution in [0.5, 0.6) is 5.75 Å². The van der Waals surface area contributed by atoms with Gasteiger partial charge in [-0.15, -0.1) is 0 Å². The number of benzene rings is 1. The molecule has 4 nitrogen and oxygen atoms in total. The molecule has 1 unspecified atom stereocenters. The maximum atomic E-state index is 13.5. The third-order valence-electron chi connectivity index (χ3n) is 4.24. The average Bonchev–Trinajstić information content (AvgIpc) is 2.57. The van der Waals surface area contributed by atoms with Crippen molar-refractivity contribution < 1.29 is 17.5 Å². The Morgan fingerprint density at radius 2 is 2.05 bits per heavy atom. The zero-order valence-electron chi connectivity index (χ0n) is 11.8. The van der Waals surface area contributed by atoms with Crippen molar-refractivity contribution in [3.05, 3.63) is 29.6 Å². The van der Waals surface area contributed by atoms with E-state index in [1.165, 1.54) is 12.1 Å². The highest BCUT2D eigenvalue weighted by molar-refractivity contribution is 7.89. The van der Waals surface area contributed by atoms with Crippen molar-refractivity contribution in [3.8, 4) is 5.75 Å². The van der Waals surface area contributed by atoms with Crippen LogP contribution in [-0.4, -0.2) is 20.8 Å². The summed E-state index contributed by atoms with van der Waals surface area (Å²) in [6.07, 6.45) is 4.46. The molecule has 0 spiro atoms. The first-order valence-corrected chi connectivity index (χ1v) is 9.11. The quantitative estimate of drug-likeness (QED) is 0.930. The number of nitrogens with one attached hydrogen (secondary N) is 1. The van der Waals surface area contributed by atoms with E-state index in [1.807, 2.05) is 0 Å². The molecule has 116 valence electrons. The molecule has 0 saturated heterocycles. The molecule has 0 bridgehead atoms. The summed E-state index contributed by atoms with van der Waals surface area (Å²) in [6, 6.07) is 3.88. The van der Waals surface area contributed by atoms with Crippen molar-refractivity contribution in [1.29, 1.82) is 0 Å². The van der Waals surface area contributed by atoms with E-state index in [-0.39, 0.29) is 17.5 Å². The molecule has 1 N–H and O–H groups in total. The highest BCUT2D eigenvalue weighted by atomic mass is 32.2. The van der Waals surface area contributed by atoms with Crippen LogP contribution in [0.25, 0.3) is 0 Å². The van der Waals surface area contributed by atoms with E-state index < -0.39 is 16.1 Å². The average molecular weight is 313 g/mol. The molecule has 1 heterocycles. The Bertz CT molecular complexity index is 613. The molecular weight excluding hydrogens is 293 g/mol. The number of hydrogen-bond acceptors (Lipinski definition) is 3. The molecular formula is C15H20FNO3S. The van der Waals surface area contributed by atoms with Gasteiger partial charge in [0.2, 0.25) is 10.0 Å². The number of ether oxygens (including phenoxy) is 1. The maximum Gasteiger partial charge on any atom is 0.212 e. The fourth-order valence-corrected chi connectivity index (χ4v) is 4.63. The normalized spacial score (nSPS) is 22.8. The zero-order chi connectivity index (χ0) is 14.9. The largest absolute Gasteiger partial charge is 0.493 e.